The van der Waals surface area contributed by atoms with E-state index in [1.165, 1.54) is 6.26 Å². The molecule has 0 amide bonds. The number of aromatic nitrogens is 3. The molecule has 0 saturated heterocycles. The van der Waals surface area contributed by atoms with Crippen LogP contribution in [0.25, 0.3) is 0 Å². The van der Waals surface area contributed by atoms with Gasteiger partial charge >= 0.3 is 0 Å². The van der Waals surface area contributed by atoms with Crippen molar-refractivity contribution in [1.29, 1.82) is 0 Å². The molecular weight excluding hydrogens is 338 g/mol. The molecule has 0 unspecified atom stereocenters. The van der Waals surface area contributed by atoms with E-state index in [1.54, 1.807) is 19.1 Å². The number of hydrogen-bond acceptors (Lipinski definition) is 7. The van der Waals surface area contributed by atoms with Crippen molar-refractivity contribution in [3.63, 3.8) is 0 Å². The Kier molecular flexibility index (Phi) is 5.62. The smallest absolute Gasteiger partial charge is 0.229 e. The number of benzene rings is 1. The van der Waals surface area contributed by atoms with Crippen LogP contribution in [0.5, 0.6) is 0 Å². The Morgan fingerprint density at radius 2 is 1.84 bits per heavy atom. The Hall–Kier alpha value is -2.22. The van der Waals surface area contributed by atoms with E-state index in [-0.39, 0.29) is 5.92 Å². The van der Waals surface area contributed by atoms with Crippen LogP contribution in [0.4, 0.5) is 11.9 Å². The molecule has 0 aliphatic carbocycles. The number of nitrogens with one attached hydrogen (secondary N) is 1. The minimum Gasteiger partial charge on any atom is -0.350 e. The van der Waals surface area contributed by atoms with E-state index in [4.69, 9.17) is 0 Å². The summed E-state index contributed by atoms with van der Waals surface area (Å²) in [4.78, 5) is 15.5. The molecule has 1 N–H and O–H groups in total. The quantitative estimate of drug-likeness (QED) is 0.843. The molecule has 0 bridgehead atoms. The summed E-state index contributed by atoms with van der Waals surface area (Å²) in [5.41, 5.74) is 1.69. The normalized spacial score (nSPS) is 11.6. The number of hydrogen-bond donors (Lipinski definition) is 1. The van der Waals surface area contributed by atoms with Gasteiger partial charge in [-0.05, 0) is 24.1 Å². The van der Waals surface area contributed by atoms with E-state index < -0.39 is 9.84 Å². The lowest BCUT2D eigenvalue weighted by Crippen LogP contribution is -2.17. The summed E-state index contributed by atoms with van der Waals surface area (Å²) in [6.07, 6.45) is 1.22. The second-order valence-electron chi connectivity index (χ2n) is 6.59. The lowest BCUT2D eigenvalue weighted by molar-refractivity contribution is 0.601. The third-order valence-corrected chi connectivity index (χ3v) is 4.90. The predicted molar refractivity (Wildman–Crippen MR) is 99.9 cm³/mol. The van der Waals surface area contributed by atoms with Gasteiger partial charge in [0, 0.05) is 32.8 Å². The molecule has 25 heavy (non-hydrogen) atoms. The van der Waals surface area contributed by atoms with Gasteiger partial charge in [-0.2, -0.15) is 15.0 Å². The molecule has 2 rings (SSSR count). The van der Waals surface area contributed by atoms with E-state index in [0.29, 0.717) is 23.3 Å². The van der Waals surface area contributed by atoms with Crippen molar-refractivity contribution in [2.45, 2.75) is 38.1 Å². The molecule has 0 aliphatic heterocycles. The van der Waals surface area contributed by atoms with Gasteiger partial charge in [0.05, 0.1) is 4.90 Å². The van der Waals surface area contributed by atoms with E-state index in [1.807, 2.05) is 38.9 Å². The van der Waals surface area contributed by atoms with Crippen molar-refractivity contribution in [1.82, 2.24) is 15.0 Å². The van der Waals surface area contributed by atoms with Gasteiger partial charge in [0.2, 0.25) is 11.9 Å². The molecule has 0 aliphatic rings. The van der Waals surface area contributed by atoms with Crippen molar-refractivity contribution in [2.24, 2.45) is 0 Å². The Balaban J connectivity index is 2.22. The van der Waals surface area contributed by atoms with Crippen LogP contribution in [0.3, 0.4) is 0 Å². The van der Waals surface area contributed by atoms with Crippen molar-refractivity contribution in [3.05, 3.63) is 35.2 Å². The van der Waals surface area contributed by atoms with Crippen LogP contribution < -0.4 is 10.2 Å². The van der Waals surface area contributed by atoms with Gasteiger partial charge in [0.25, 0.3) is 0 Å². The highest BCUT2D eigenvalue weighted by Gasteiger charge is 2.13. The zero-order valence-corrected chi connectivity index (χ0v) is 16.3. The van der Waals surface area contributed by atoms with Gasteiger partial charge in [-0.25, -0.2) is 8.42 Å². The maximum atomic E-state index is 11.7. The molecule has 136 valence electrons. The molecule has 1 aromatic carbocycles. The van der Waals surface area contributed by atoms with Crippen molar-refractivity contribution in [2.75, 3.05) is 30.6 Å². The highest BCUT2D eigenvalue weighted by atomic mass is 32.2. The van der Waals surface area contributed by atoms with Crippen molar-refractivity contribution in [3.8, 4) is 0 Å². The summed E-state index contributed by atoms with van der Waals surface area (Å²) in [6, 6.07) is 5.30. The standard InChI is InChI=1S/C17H25N5O2S/c1-11(2)15-19-16(21-17(20-15)22(4)5)18-10-13-7-8-14(12(3)9-13)25(6,23)24/h7-9,11H,10H2,1-6H3,(H,18,19,20,21). The van der Waals surface area contributed by atoms with Gasteiger partial charge < -0.3 is 10.2 Å². The minimum absolute atomic E-state index is 0.193. The van der Waals surface area contributed by atoms with Crippen molar-refractivity contribution < 1.29 is 8.42 Å². The van der Waals surface area contributed by atoms with Crippen LogP contribution in [0.1, 0.15) is 36.7 Å². The summed E-state index contributed by atoms with van der Waals surface area (Å²) in [7, 11) is 0.564. The third kappa shape index (κ3) is 4.88. The maximum absolute atomic E-state index is 11.7. The number of aryl methyl sites for hydroxylation is 1. The van der Waals surface area contributed by atoms with Crippen LogP contribution in [0, 0.1) is 6.92 Å². The molecule has 0 spiro atoms. The molecule has 0 saturated carbocycles. The SMILES string of the molecule is Cc1cc(CNc2nc(C(C)C)nc(N(C)C)n2)ccc1S(C)(=O)=O. The van der Waals surface area contributed by atoms with E-state index >= 15 is 0 Å². The minimum atomic E-state index is -3.21. The Bertz CT molecular complexity index is 837. The number of nitrogens with zero attached hydrogens (tertiary/aromatic N) is 4. The van der Waals surface area contributed by atoms with Crippen LogP contribution in [-0.2, 0) is 16.4 Å². The highest BCUT2D eigenvalue weighted by Crippen LogP contribution is 2.18. The van der Waals surface area contributed by atoms with Crippen LogP contribution in [0.15, 0.2) is 23.1 Å². The molecule has 0 fully saturated rings. The monoisotopic (exact) mass is 363 g/mol. The fourth-order valence-electron chi connectivity index (χ4n) is 2.34. The highest BCUT2D eigenvalue weighted by molar-refractivity contribution is 7.90. The fourth-order valence-corrected chi connectivity index (χ4v) is 3.30. The summed E-state index contributed by atoms with van der Waals surface area (Å²) in [5, 5.41) is 3.20. The molecule has 0 radical (unpaired) electrons. The average Bonchev–Trinajstić information content (AvgIpc) is 2.51. The van der Waals surface area contributed by atoms with Crippen LogP contribution in [0.2, 0.25) is 0 Å². The summed E-state index contributed by atoms with van der Waals surface area (Å²) >= 11 is 0. The molecule has 0 atom stereocenters. The molecular formula is C17H25N5O2S. The first-order valence-corrected chi connectivity index (χ1v) is 9.94. The van der Waals surface area contributed by atoms with Crippen molar-refractivity contribution >= 4 is 21.7 Å². The Morgan fingerprint density at radius 3 is 2.36 bits per heavy atom. The Morgan fingerprint density at radius 1 is 1.16 bits per heavy atom. The summed E-state index contributed by atoms with van der Waals surface area (Å²) in [6.45, 7) is 6.36. The summed E-state index contributed by atoms with van der Waals surface area (Å²) in [5.74, 6) is 2.03. The van der Waals surface area contributed by atoms with Gasteiger partial charge in [-0.3, -0.25) is 0 Å². The molecule has 2 aromatic rings. The number of rotatable bonds is 6. The Labute approximate surface area is 149 Å². The topological polar surface area (TPSA) is 88.1 Å². The van der Waals surface area contributed by atoms with Gasteiger partial charge in [-0.1, -0.05) is 26.0 Å². The second-order valence-corrected chi connectivity index (χ2v) is 8.58. The fraction of sp³-hybridized carbons (Fsp3) is 0.471. The zero-order valence-electron chi connectivity index (χ0n) is 15.5. The van der Waals surface area contributed by atoms with E-state index in [2.05, 4.69) is 20.3 Å². The first-order chi connectivity index (χ1) is 11.6. The van der Waals surface area contributed by atoms with Gasteiger partial charge in [-0.15, -0.1) is 0 Å². The van der Waals surface area contributed by atoms with E-state index in [9.17, 15) is 8.42 Å². The molecule has 8 heteroatoms. The summed E-state index contributed by atoms with van der Waals surface area (Å²) < 4.78 is 23.4. The van der Waals surface area contributed by atoms with Crippen LogP contribution >= 0.6 is 0 Å². The number of sulfone groups is 1. The predicted octanol–water partition coefficient (Wildman–Crippen LogP) is 2.39. The van der Waals surface area contributed by atoms with Crippen LogP contribution in [-0.4, -0.2) is 43.7 Å². The largest absolute Gasteiger partial charge is 0.350 e. The molecule has 1 aromatic heterocycles. The second kappa shape index (κ2) is 7.35. The molecule has 1 heterocycles. The van der Waals surface area contributed by atoms with Gasteiger partial charge in [0.15, 0.2) is 9.84 Å². The third-order valence-electron chi connectivity index (χ3n) is 3.65. The first kappa shape index (κ1) is 19.1. The van der Waals surface area contributed by atoms with E-state index in [0.717, 1.165) is 17.0 Å². The average molecular weight is 363 g/mol. The maximum Gasteiger partial charge on any atom is 0.229 e. The van der Waals surface area contributed by atoms with Gasteiger partial charge in [0.1, 0.15) is 5.82 Å². The lowest BCUT2D eigenvalue weighted by Gasteiger charge is -2.15. The number of anilines is 2. The lowest BCUT2D eigenvalue weighted by atomic mass is 10.1. The molecule has 7 nitrogen and oxygen atoms in total. The zero-order chi connectivity index (χ0) is 18.8. The first-order valence-electron chi connectivity index (χ1n) is 8.04.